The van der Waals surface area contributed by atoms with E-state index in [1.165, 1.54) is 24.3 Å². The van der Waals surface area contributed by atoms with Crippen LogP contribution >= 0.6 is 0 Å². The van der Waals surface area contributed by atoms with E-state index < -0.39 is 0 Å². The van der Waals surface area contributed by atoms with E-state index in [-0.39, 0.29) is 43.0 Å². The van der Waals surface area contributed by atoms with Crippen molar-refractivity contribution in [2.24, 2.45) is 0 Å². The second-order valence-electron chi connectivity index (χ2n) is 7.53. The molecule has 1 saturated heterocycles. The number of aryl methyl sites for hydroxylation is 1. The van der Waals surface area contributed by atoms with Gasteiger partial charge in [-0.3, -0.25) is 19.3 Å². The quantitative estimate of drug-likeness (QED) is 0.710. The largest absolute Gasteiger partial charge is 0.352 e. The fourth-order valence-electron chi connectivity index (χ4n) is 3.46. The molecule has 1 heterocycles. The minimum Gasteiger partial charge on any atom is -0.352 e. The Bertz CT molecular complexity index is 925. The number of rotatable bonds is 7. The molecule has 0 bridgehead atoms. The maximum atomic E-state index is 12.9. The zero-order valence-electron chi connectivity index (χ0n) is 17.6. The van der Waals surface area contributed by atoms with Crippen molar-refractivity contribution in [3.8, 4) is 0 Å². The van der Waals surface area contributed by atoms with E-state index in [1.54, 1.807) is 11.0 Å². The molecular formula is C23H27FN4O3. The Labute approximate surface area is 181 Å². The van der Waals surface area contributed by atoms with Gasteiger partial charge in [-0.15, -0.1) is 0 Å². The molecule has 164 valence electrons. The van der Waals surface area contributed by atoms with Crippen molar-refractivity contribution < 1.29 is 18.8 Å². The highest BCUT2D eigenvalue weighted by molar-refractivity contribution is 5.95. The molecule has 0 atom stereocenters. The number of carbonyl (C=O) groups is 3. The van der Waals surface area contributed by atoms with Gasteiger partial charge < -0.3 is 15.5 Å². The molecule has 2 N–H and O–H groups in total. The van der Waals surface area contributed by atoms with Crippen molar-refractivity contribution in [1.29, 1.82) is 0 Å². The summed E-state index contributed by atoms with van der Waals surface area (Å²) < 4.78 is 12.9. The summed E-state index contributed by atoms with van der Waals surface area (Å²) in [6.07, 6.45) is 0.239. The minimum atomic E-state index is -0.353. The number of nitrogens with zero attached hydrogens (tertiary/aromatic N) is 2. The van der Waals surface area contributed by atoms with Crippen LogP contribution in [0.15, 0.2) is 48.5 Å². The molecule has 0 aliphatic carbocycles. The van der Waals surface area contributed by atoms with Crippen LogP contribution < -0.4 is 10.6 Å². The van der Waals surface area contributed by atoms with E-state index >= 15 is 0 Å². The predicted octanol–water partition coefficient (Wildman–Crippen LogP) is 2.04. The topological polar surface area (TPSA) is 81.8 Å². The highest BCUT2D eigenvalue weighted by Crippen LogP contribution is 2.10. The lowest BCUT2D eigenvalue weighted by atomic mass is 10.1. The fraction of sp³-hybridized carbons (Fsp3) is 0.348. The van der Waals surface area contributed by atoms with Crippen LogP contribution in [0.1, 0.15) is 22.3 Å². The molecule has 3 rings (SSSR count). The Hall–Kier alpha value is -3.26. The molecule has 0 aromatic heterocycles. The molecule has 0 spiro atoms. The van der Waals surface area contributed by atoms with Crippen molar-refractivity contribution in [1.82, 2.24) is 15.1 Å². The van der Waals surface area contributed by atoms with Gasteiger partial charge in [0.1, 0.15) is 5.82 Å². The van der Waals surface area contributed by atoms with Crippen molar-refractivity contribution in [2.75, 3.05) is 44.6 Å². The van der Waals surface area contributed by atoms with E-state index in [9.17, 15) is 18.8 Å². The van der Waals surface area contributed by atoms with Gasteiger partial charge in [0.25, 0.3) is 5.91 Å². The van der Waals surface area contributed by atoms with E-state index in [2.05, 4.69) is 10.6 Å². The number of nitrogens with one attached hydrogen (secondary N) is 2. The van der Waals surface area contributed by atoms with Crippen LogP contribution in [0.5, 0.6) is 0 Å². The summed E-state index contributed by atoms with van der Waals surface area (Å²) in [5.41, 5.74) is 2.06. The normalized spacial score (nSPS) is 14.2. The van der Waals surface area contributed by atoms with Crippen molar-refractivity contribution in [3.05, 3.63) is 65.5 Å². The first kappa shape index (κ1) is 22.4. The summed E-state index contributed by atoms with van der Waals surface area (Å²) in [6, 6.07) is 12.9. The standard InChI is InChI=1S/C23H27FN4O3/c1-17-4-2-3-5-20(17)23(31)25-11-10-22(30)28-14-12-27(13-15-28)16-21(29)26-19-8-6-18(24)7-9-19/h2-9H,10-16H2,1H3,(H,25,31)(H,26,29). The van der Waals surface area contributed by atoms with Gasteiger partial charge >= 0.3 is 0 Å². The molecule has 7 nitrogen and oxygen atoms in total. The first-order valence-electron chi connectivity index (χ1n) is 10.3. The maximum absolute atomic E-state index is 12.9. The monoisotopic (exact) mass is 426 g/mol. The zero-order valence-corrected chi connectivity index (χ0v) is 17.6. The third-order valence-electron chi connectivity index (χ3n) is 5.23. The van der Waals surface area contributed by atoms with Gasteiger partial charge in [-0.2, -0.15) is 0 Å². The van der Waals surface area contributed by atoms with Gasteiger partial charge in [0.2, 0.25) is 11.8 Å². The summed E-state index contributed by atoms with van der Waals surface area (Å²) in [6.45, 7) is 4.64. The van der Waals surface area contributed by atoms with Crippen LogP contribution in [0.25, 0.3) is 0 Å². The molecule has 2 aromatic rings. The number of amides is 3. The lowest BCUT2D eigenvalue weighted by Crippen LogP contribution is -2.50. The predicted molar refractivity (Wildman–Crippen MR) is 116 cm³/mol. The SMILES string of the molecule is Cc1ccccc1C(=O)NCCC(=O)N1CCN(CC(=O)Nc2ccc(F)cc2)CC1. The van der Waals surface area contributed by atoms with Crippen molar-refractivity contribution in [2.45, 2.75) is 13.3 Å². The first-order valence-corrected chi connectivity index (χ1v) is 10.3. The van der Waals surface area contributed by atoms with E-state index in [0.29, 0.717) is 37.4 Å². The van der Waals surface area contributed by atoms with Crippen molar-refractivity contribution in [3.63, 3.8) is 0 Å². The molecule has 31 heavy (non-hydrogen) atoms. The lowest BCUT2D eigenvalue weighted by molar-refractivity contribution is -0.132. The number of hydrogen-bond acceptors (Lipinski definition) is 4. The second kappa shape index (κ2) is 10.7. The van der Waals surface area contributed by atoms with Gasteiger partial charge in [0.05, 0.1) is 6.54 Å². The number of halogens is 1. The van der Waals surface area contributed by atoms with Gasteiger partial charge in [0.15, 0.2) is 0 Å². The van der Waals surface area contributed by atoms with Crippen LogP contribution in [0.2, 0.25) is 0 Å². The van der Waals surface area contributed by atoms with E-state index in [4.69, 9.17) is 0 Å². The third-order valence-corrected chi connectivity index (χ3v) is 5.23. The van der Waals surface area contributed by atoms with Crippen LogP contribution in [0.4, 0.5) is 10.1 Å². The van der Waals surface area contributed by atoms with Gasteiger partial charge in [-0.05, 0) is 42.8 Å². The maximum Gasteiger partial charge on any atom is 0.251 e. The summed E-state index contributed by atoms with van der Waals surface area (Å²) >= 11 is 0. The molecule has 1 aliphatic rings. The number of carbonyl (C=O) groups excluding carboxylic acids is 3. The molecule has 3 amide bonds. The molecule has 0 unspecified atom stereocenters. The number of anilines is 1. The third kappa shape index (κ3) is 6.62. The van der Waals surface area contributed by atoms with Gasteiger partial charge in [0, 0.05) is 50.4 Å². The number of piperazine rings is 1. The van der Waals surface area contributed by atoms with Crippen molar-refractivity contribution >= 4 is 23.4 Å². The summed E-state index contributed by atoms with van der Waals surface area (Å²) in [5, 5.41) is 5.54. The molecule has 8 heteroatoms. The summed E-state index contributed by atoms with van der Waals surface area (Å²) in [7, 11) is 0. The molecular weight excluding hydrogens is 399 g/mol. The Balaban J connectivity index is 1.35. The van der Waals surface area contributed by atoms with E-state index in [1.807, 2.05) is 30.0 Å². The molecule has 1 fully saturated rings. The Morgan fingerprint density at radius 2 is 1.65 bits per heavy atom. The zero-order chi connectivity index (χ0) is 22.2. The van der Waals surface area contributed by atoms with Crippen LogP contribution in [-0.2, 0) is 9.59 Å². The van der Waals surface area contributed by atoms with Crippen LogP contribution in [0.3, 0.4) is 0 Å². The molecule has 0 saturated carbocycles. The summed E-state index contributed by atoms with van der Waals surface area (Å²) in [5.74, 6) is -0.720. The number of benzene rings is 2. The molecule has 1 aliphatic heterocycles. The fourth-order valence-corrected chi connectivity index (χ4v) is 3.46. The minimum absolute atomic E-state index is 0.0134. The lowest BCUT2D eigenvalue weighted by Gasteiger charge is -2.34. The Morgan fingerprint density at radius 1 is 0.968 bits per heavy atom. The number of hydrogen-bond donors (Lipinski definition) is 2. The second-order valence-corrected chi connectivity index (χ2v) is 7.53. The Kier molecular flexibility index (Phi) is 7.72. The molecule has 0 radical (unpaired) electrons. The first-order chi connectivity index (χ1) is 14.9. The average molecular weight is 426 g/mol. The smallest absolute Gasteiger partial charge is 0.251 e. The van der Waals surface area contributed by atoms with Crippen LogP contribution in [0, 0.1) is 12.7 Å². The average Bonchev–Trinajstić information content (AvgIpc) is 2.76. The van der Waals surface area contributed by atoms with Gasteiger partial charge in [-0.25, -0.2) is 4.39 Å². The Morgan fingerprint density at radius 3 is 2.32 bits per heavy atom. The van der Waals surface area contributed by atoms with E-state index in [0.717, 1.165) is 5.56 Å². The highest BCUT2D eigenvalue weighted by Gasteiger charge is 2.22. The van der Waals surface area contributed by atoms with Crippen LogP contribution in [-0.4, -0.2) is 66.8 Å². The molecule has 2 aromatic carbocycles. The summed E-state index contributed by atoms with van der Waals surface area (Å²) in [4.78, 5) is 40.5. The highest BCUT2D eigenvalue weighted by atomic mass is 19.1. The van der Waals surface area contributed by atoms with Gasteiger partial charge in [-0.1, -0.05) is 18.2 Å².